The molecule has 2 rings (SSSR count). The van der Waals surface area contributed by atoms with Crippen molar-refractivity contribution >= 4 is 5.91 Å². The van der Waals surface area contributed by atoms with E-state index in [0.717, 1.165) is 12.1 Å². The third-order valence-corrected chi connectivity index (χ3v) is 3.17. The molecule has 1 aromatic carbocycles. The molecule has 118 valence electrons. The van der Waals surface area contributed by atoms with Gasteiger partial charge in [-0.1, -0.05) is 0 Å². The third kappa shape index (κ3) is 3.67. The first kappa shape index (κ1) is 16.1. The fourth-order valence-electron chi connectivity index (χ4n) is 1.99. The molecule has 1 aromatic heterocycles. The van der Waals surface area contributed by atoms with Gasteiger partial charge in [-0.3, -0.25) is 9.48 Å². The highest BCUT2D eigenvalue weighted by molar-refractivity contribution is 5.93. The molecule has 0 unspecified atom stereocenters. The van der Waals surface area contributed by atoms with Crippen LogP contribution in [-0.4, -0.2) is 47.8 Å². The van der Waals surface area contributed by atoms with Crippen molar-refractivity contribution in [2.75, 3.05) is 27.2 Å². The predicted molar refractivity (Wildman–Crippen MR) is 79.4 cm³/mol. The minimum atomic E-state index is -0.935. The number of likely N-dealkylation sites (N-methyl/N-ethyl adjacent to an activating group) is 1. The van der Waals surface area contributed by atoms with Crippen LogP contribution < -0.4 is 5.32 Å². The summed E-state index contributed by atoms with van der Waals surface area (Å²) in [6.07, 6.45) is 0. The van der Waals surface area contributed by atoms with Crippen molar-refractivity contribution in [2.45, 2.75) is 0 Å². The molecule has 0 radical (unpaired) electrons. The zero-order valence-electron chi connectivity index (χ0n) is 12.7. The minimum absolute atomic E-state index is 0.237. The topological polar surface area (TPSA) is 50.2 Å². The van der Waals surface area contributed by atoms with E-state index in [0.29, 0.717) is 24.3 Å². The van der Waals surface area contributed by atoms with Gasteiger partial charge in [0, 0.05) is 25.7 Å². The lowest BCUT2D eigenvalue weighted by Crippen LogP contribution is -2.31. The highest BCUT2D eigenvalue weighted by Crippen LogP contribution is 2.22. The van der Waals surface area contributed by atoms with Gasteiger partial charge in [-0.2, -0.15) is 5.10 Å². The second kappa shape index (κ2) is 6.65. The Hall–Kier alpha value is -2.28. The van der Waals surface area contributed by atoms with Crippen LogP contribution in [0.3, 0.4) is 0 Å². The SMILES string of the molecule is CN(C)CCNC(=O)c1cc(-c2ccc(F)c(F)c2)n(C)n1. The molecule has 0 aliphatic heterocycles. The van der Waals surface area contributed by atoms with E-state index in [1.807, 2.05) is 19.0 Å². The summed E-state index contributed by atoms with van der Waals surface area (Å²) >= 11 is 0. The molecule has 1 N–H and O–H groups in total. The van der Waals surface area contributed by atoms with Crippen molar-refractivity contribution in [1.82, 2.24) is 20.0 Å². The summed E-state index contributed by atoms with van der Waals surface area (Å²) in [6.45, 7) is 1.22. The van der Waals surface area contributed by atoms with Crippen LogP contribution in [0.5, 0.6) is 0 Å². The number of nitrogens with zero attached hydrogens (tertiary/aromatic N) is 3. The highest BCUT2D eigenvalue weighted by atomic mass is 19.2. The summed E-state index contributed by atoms with van der Waals surface area (Å²) in [5.74, 6) is -2.14. The van der Waals surface area contributed by atoms with Crippen LogP contribution in [0.2, 0.25) is 0 Å². The zero-order chi connectivity index (χ0) is 16.3. The lowest BCUT2D eigenvalue weighted by atomic mass is 10.1. The molecule has 0 aliphatic rings. The molecule has 0 saturated carbocycles. The molecule has 0 saturated heterocycles. The maximum Gasteiger partial charge on any atom is 0.271 e. The molecule has 0 spiro atoms. The predicted octanol–water partition coefficient (Wildman–Crippen LogP) is 1.66. The Labute approximate surface area is 127 Å². The maximum atomic E-state index is 13.3. The first-order chi connectivity index (χ1) is 10.4. The number of hydrogen-bond acceptors (Lipinski definition) is 3. The number of nitrogens with one attached hydrogen (secondary N) is 1. The van der Waals surface area contributed by atoms with Crippen LogP contribution in [0, 0.1) is 11.6 Å². The molecular weight excluding hydrogens is 290 g/mol. The van der Waals surface area contributed by atoms with Gasteiger partial charge in [0.05, 0.1) is 5.69 Å². The van der Waals surface area contributed by atoms with E-state index in [1.165, 1.54) is 10.7 Å². The molecule has 1 amide bonds. The molecule has 7 heteroatoms. The van der Waals surface area contributed by atoms with E-state index in [-0.39, 0.29) is 11.6 Å². The number of aryl methyl sites for hydroxylation is 1. The largest absolute Gasteiger partial charge is 0.349 e. The van der Waals surface area contributed by atoms with Crippen molar-refractivity contribution in [1.29, 1.82) is 0 Å². The highest BCUT2D eigenvalue weighted by Gasteiger charge is 2.14. The van der Waals surface area contributed by atoms with Crippen LogP contribution in [0.4, 0.5) is 8.78 Å². The number of carbonyl (C=O) groups excluding carboxylic acids is 1. The third-order valence-electron chi connectivity index (χ3n) is 3.17. The molecule has 22 heavy (non-hydrogen) atoms. The lowest BCUT2D eigenvalue weighted by Gasteiger charge is -2.09. The van der Waals surface area contributed by atoms with Gasteiger partial charge in [0.1, 0.15) is 0 Å². The number of benzene rings is 1. The molecule has 0 fully saturated rings. The second-order valence-electron chi connectivity index (χ2n) is 5.23. The first-order valence-corrected chi connectivity index (χ1v) is 6.81. The molecule has 0 aliphatic carbocycles. The Balaban J connectivity index is 2.17. The fraction of sp³-hybridized carbons (Fsp3) is 0.333. The Morgan fingerprint density at radius 2 is 2.00 bits per heavy atom. The van der Waals surface area contributed by atoms with Crippen molar-refractivity contribution in [3.63, 3.8) is 0 Å². The van der Waals surface area contributed by atoms with Crippen LogP contribution in [-0.2, 0) is 7.05 Å². The van der Waals surface area contributed by atoms with Crippen molar-refractivity contribution in [2.24, 2.45) is 7.05 Å². The fourth-order valence-corrected chi connectivity index (χ4v) is 1.99. The monoisotopic (exact) mass is 308 g/mol. The van der Waals surface area contributed by atoms with Crippen molar-refractivity contribution in [3.8, 4) is 11.3 Å². The summed E-state index contributed by atoms with van der Waals surface area (Å²) in [5, 5.41) is 6.86. The summed E-state index contributed by atoms with van der Waals surface area (Å²) in [7, 11) is 5.47. The van der Waals surface area contributed by atoms with E-state index in [2.05, 4.69) is 10.4 Å². The number of carbonyl (C=O) groups is 1. The average Bonchev–Trinajstić information content (AvgIpc) is 2.83. The number of rotatable bonds is 5. The summed E-state index contributed by atoms with van der Waals surface area (Å²) in [5.41, 5.74) is 1.24. The molecule has 1 heterocycles. The van der Waals surface area contributed by atoms with Crippen molar-refractivity contribution < 1.29 is 13.6 Å². The Kier molecular flexibility index (Phi) is 4.87. The Morgan fingerprint density at radius 1 is 1.27 bits per heavy atom. The van der Waals surface area contributed by atoms with E-state index >= 15 is 0 Å². The van der Waals surface area contributed by atoms with Gasteiger partial charge < -0.3 is 10.2 Å². The molecule has 2 aromatic rings. The standard InChI is InChI=1S/C15H18F2N4O/c1-20(2)7-6-18-15(22)13-9-14(21(3)19-13)10-4-5-11(16)12(17)8-10/h4-5,8-9H,6-7H2,1-3H3,(H,18,22). The van der Waals surface area contributed by atoms with Gasteiger partial charge in [0.25, 0.3) is 5.91 Å². The van der Waals surface area contributed by atoms with E-state index in [9.17, 15) is 13.6 Å². The molecular formula is C15H18F2N4O. The van der Waals surface area contributed by atoms with Crippen LogP contribution in [0.1, 0.15) is 10.5 Å². The van der Waals surface area contributed by atoms with Crippen LogP contribution >= 0.6 is 0 Å². The van der Waals surface area contributed by atoms with Gasteiger partial charge in [0.15, 0.2) is 17.3 Å². The molecule has 0 bridgehead atoms. The zero-order valence-corrected chi connectivity index (χ0v) is 12.7. The quantitative estimate of drug-likeness (QED) is 0.914. The summed E-state index contributed by atoms with van der Waals surface area (Å²) in [4.78, 5) is 14.0. The normalized spacial score (nSPS) is 11.0. The summed E-state index contributed by atoms with van der Waals surface area (Å²) < 4.78 is 27.8. The van der Waals surface area contributed by atoms with Gasteiger partial charge in [-0.25, -0.2) is 8.78 Å². The Morgan fingerprint density at radius 3 is 2.64 bits per heavy atom. The van der Waals surface area contributed by atoms with Gasteiger partial charge >= 0.3 is 0 Å². The van der Waals surface area contributed by atoms with Gasteiger partial charge in [-0.05, 0) is 38.4 Å². The minimum Gasteiger partial charge on any atom is -0.349 e. The van der Waals surface area contributed by atoms with E-state index in [1.54, 1.807) is 13.1 Å². The van der Waals surface area contributed by atoms with E-state index in [4.69, 9.17) is 0 Å². The average molecular weight is 308 g/mol. The first-order valence-electron chi connectivity index (χ1n) is 6.81. The van der Waals surface area contributed by atoms with Crippen LogP contribution in [0.15, 0.2) is 24.3 Å². The van der Waals surface area contributed by atoms with Gasteiger partial charge in [-0.15, -0.1) is 0 Å². The smallest absolute Gasteiger partial charge is 0.271 e. The molecule has 0 atom stereocenters. The number of aromatic nitrogens is 2. The Bertz CT molecular complexity index is 682. The number of halogens is 2. The van der Waals surface area contributed by atoms with Crippen molar-refractivity contribution in [3.05, 3.63) is 41.6 Å². The lowest BCUT2D eigenvalue weighted by molar-refractivity contribution is 0.0945. The summed E-state index contributed by atoms with van der Waals surface area (Å²) in [6, 6.07) is 5.13. The second-order valence-corrected chi connectivity index (χ2v) is 5.23. The van der Waals surface area contributed by atoms with E-state index < -0.39 is 11.6 Å². The number of hydrogen-bond donors (Lipinski definition) is 1. The van der Waals surface area contributed by atoms with Crippen LogP contribution in [0.25, 0.3) is 11.3 Å². The molecule has 5 nitrogen and oxygen atoms in total. The van der Waals surface area contributed by atoms with Gasteiger partial charge in [0.2, 0.25) is 0 Å². The maximum absolute atomic E-state index is 13.3. The number of amides is 1.